The van der Waals surface area contributed by atoms with Gasteiger partial charge in [0.1, 0.15) is 5.92 Å². The van der Waals surface area contributed by atoms with Gasteiger partial charge in [-0.15, -0.1) is 0 Å². The van der Waals surface area contributed by atoms with Crippen LogP contribution in [0.5, 0.6) is 11.9 Å². The van der Waals surface area contributed by atoms with Crippen molar-refractivity contribution < 1.29 is 13.9 Å². The SMILES string of the molecule is CCc1c(OC)nc(OC)nc1C(C#N)c1cc(C)cc(C(C)(C)O[SiH2]C(C)(C)C)c1. The van der Waals surface area contributed by atoms with E-state index in [-0.39, 0.29) is 11.0 Å². The van der Waals surface area contributed by atoms with E-state index in [0.29, 0.717) is 18.0 Å². The molecule has 6 nitrogen and oxygen atoms in total. The van der Waals surface area contributed by atoms with Crippen LogP contribution >= 0.6 is 0 Å². The summed E-state index contributed by atoms with van der Waals surface area (Å²) < 4.78 is 17.1. The van der Waals surface area contributed by atoms with Gasteiger partial charge in [-0.2, -0.15) is 15.2 Å². The van der Waals surface area contributed by atoms with Crippen molar-refractivity contribution in [2.75, 3.05) is 14.2 Å². The second-order valence-electron chi connectivity index (χ2n) is 9.49. The second-order valence-corrected chi connectivity index (χ2v) is 12.2. The van der Waals surface area contributed by atoms with Gasteiger partial charge in [0, 0.05) is 5.56 Å². The van der Waals surface area contributed by atoms with Gasteiger partial charge in [-0.05, 0) is 43.4 Å². The summed E-state index contributed by atoms with van der Waals surface area (Å²) in [6.45, 7) is 14.9. The number of benzene rings is 1. The van der Waals surface area contributed by atoms with Gasteiger partial charge in [0.05, 0.1) is 31.6 Å². The zero-order valence-corrected chi connectivity index (χ0v) is 21.7. The summed E-state index contributed by atoms with van der Waals surface area (Å²) in [5, 5.41) is 10.4. The van der Waals surface area contributed by atoms with Crippen molar-refractivity contribution in [3.8, 4) is 18.0 Å². The van der Waals surface area contributed by atoms with Crippen molar-refractivity contribution in [3.05, 3.63) is 46.1 Å². The number of nitriles is 1. The monoisotopic (exact) mass is 441 g/mol. The standard InChI is InChI=1S/C24H35N3O3Si/c1-10-18-20(26-22(29-9)27-21(18)28-8)19(14-25)16-11-15(2)12-17(13-16)24(6,7)30-31-23(3,4)5/h11-13,19H,10,31H2,1-9H3. The molecule has 1 unspecified atom stereocenters. The van der Waals surface area contributed by atoms with E-state index >= 15 is 0 Å². The summed E-state index contributed by atoms with van der Waals surface area (Å²) in [5.41, 5.74) is 4.01. The minimum absolute atomic E-state index is 0.192. The number of nitrogens with zero attached hydrogens (tertiary/aromatic N) is 3. The topological polar surface area (TPSA) is 77.3 Å². The van der Waals surface area contributed by atoms with Crippen LogP contribution in [0.1, 0.15) is 75.4 Å². The molecule has 1 aromatic carbocycles. The van der Waals surface area contributed by atoms with Gasteiger partial charge in [0.15, 0.2) is 9.76 Å². The van der Waals surface area contributed by atoms with Gasteiger partial charge in [-0.25, -0.2) is 0 Å². The van der Waals surface area contributed by atoms with Crippen molar-refractivity contribution in [2.24, 2.45) is 0 Å². The number of ether oxygens (including phenoxy) is 2. The van der Waals surface area contributed by atoms with Gasteiger partial charge in [0.2, 0.25) is 5.88 Å². The fraction of sp³-hybridized carbons (Fsp3) is 0.542. The lowest BCUT2D eigenvalue weighted by atomic mass is 9.87. The maximum atomic E-state index is 10.2. The Morgan fingerprint density at radius 3 is 2.26 bits per heavy atom. The third-order valence-corrected chi connectivity index (χ3v) is 6.84. The summed E-state index contributed by atoms with van der Waals surface area (Å²) in [5.74, 6) is -0.132. The fourth-order valence-corrected chi connectivity index (χ4v) is 4.35. The van der Waals surface area contributed by atoms with Crippen LogP contribution < -0.4 is 9.47 Å². The van der Waals surface area contributed by atoms with Gasteiger partial charge < -0.3 is 13.9 Å². The molecule has 0 fully saturated rings. The molecule has 0 radical (unpaired) electrons. The number of aromatic nitrogens is 2. The van der Waals surface area contributed by atoms with Crippen molar-refractivity contribution in [3.63, 3.8) is 0 Å². The molecule has 0 saturated carbocycles. The zero-order chi connectivity index (χ0) is 23.4. The lowest BCUT2D eigenvalue weighted by molar-refractivity contribution is 0.109. The van der Waals surface area contributed by atoms with E-state index in [4.69, 9.17) is 13.9 Å². The Labute approximate surface area is 188 Å². The van der Waals surface area contributed by atoms with Crippen LogP contribution in [0.25, 0.3) is 0 Å². The molecule has 2 rings (SSSR count). The Morgan fingerprint density at radius 2 is 1.74 bits per heavy atom. The molecule has 0 N–H and O–H groups in total. The van der Waals surface area contributed by atoms with Crippen molar-refractivity contribution >= 4 is 9.76 Å². The van der Waals surface area contributed by atoms with Crippen LogP contribution in [0, 0.1) is 18.3 Å². The molecule has 2 aromatic rings. The number of hydrogen-bond acceptors (Lipinski definition) is 6. The minimum Gasteiger partial charge on any atom is -0.481 e. The molecule has 1 aromatic heterocycles. The molecular formula is C24H35N3O3Si. The Hall–Kier alpha value is -2.43. The van der Waals surface area contributed by atoms with Crippen LogP contribution in [0.2, 0.25) is 5.04 Å². The Balaban J connectivity index is 2.59. The van der Waals surface area contributed by atoms with E-state index in [1.165, 1.54) is 7.11 Å². The highest BCUT2D eigenvalue weighted by molar-refractivity contribution is 6.31. The summed E-state index contributed by atoms with van der Waals surface area (Å²) >= 11 is 0. The van der Waals surface area contributed by atoms with Gasteiger partial charge in [-0.3, -0.25) is 0 Å². The predicted octanol–water partition coefficient (Wildman–Crippen LogP) is 4.57. The highest BCUT2D eigenvalue weighted by Crippen LogP contribution is 2.35. The first-order valence-electron chi connectivity index (χ1n) is 10.6. The number of aryl methyl sites for hydroxylation is 1. The summed E-state index contributed by atoms with van der Waals surface area (Å²) in [6.07, 6.45) is 0.644. The minimum atomic E-state index is -0.744. The Morgan fingerprint density at radius 1 is 1.06 bits per heavy atom. The van der Waals surface area contributed by atoms with Gasteiger partial charge >= 0.3 is 6.01 Å². The molecular weight excluding hydrogens is 406 g/mol. The molecule has 0 aliphatic heterocycles. The molecule has 31 heavy (non-hydrogen) atoms. The maximum Gasteiger partial charge on any atom is 0.319 e. The fourth-order valence-electron chi connectivity index (χ4n) is 3.39. The van der Waals surface area contributed by atoms with E-state index in [1.807, 2.05) is 19.9 Å². The highest BCUT2D eigenvalue weighted by Gasteiger charge is 2.28. The molecule has 1 heterocycles. The van der Waals surface area contributed by atoms with Crippen molar-refractivity contribution in [1.29, 1.82) is 5.26 Å². The van der Waals surface area contributed by atoms with Gasteiger partial charge in [-0.1, -0.05) is 51.5 Å². The molecule has 7 heteroatoms. The molecule has 0 amide bonds. The number of methoxy groups -OCH3 is 2. The maximum absolute atomic E-state index is 10.2. The normalized spacial score (nSPS) is 13.3. The molecule has 1 atom stereocenters. The van der Waals surface area contributed by atoms with E-state index in [0.717, 1.165) is 22.3 Å². The number of hydrogen-bond donors (Lipinski definition) is 0. The zero-order valence-electron chi connectivity index (χ0n) is 20.3. The third-order valence-electron chi connectivity index (χ3n) is 5.11. The summed E-state index contributed by atoms with van der Waals surface area (Å²) in [6, 6.07) is 8.87. The van der Waals surface area contributed by atoms with Crippen LogP contribution in [0.3, 0.4) is 0 Å². The Bertz CT molecular complexity index is 962. The quantitative estimate of drug-likeness (QED) is 0.558. The van der Waals surface area contributed by atoms with E-state index in [1.54, 1.807) is 7.11 Å². The lowest BCUT2D eigenvalue weighted by Crippen LogP contribution is -2.28. The molecule has 0 aliphatic carbocycles. The average molecular weight is 442 g/mol. The first kappa shape index (κ1) is 24.8. The Kier molecular flexibility index (Phi) is 7.85. The summed E-state index contributed by atoms with van der Waals surface area (Å²) in [4.78, 5) is 8.84. The largest absolute Gasteiger partial charge is 0.481 e. The van der Waals surface area contributed by atoms with E-state index in [2.05, 4.69) is 62.8 Å². The first-order chi connectivity index (χ1) is 14.5. The second kappa shape index (κ2) is 9.80. The molecule has 0 saturated heterocycles. The van der Waals surface area contributed by atoms with E-state index in [9.17, 15) is 5.26 Å². The highest BCUT2D eigenvalue weighted by atomic mass is 28.2. The van der Waals surface area contributed by atoms with E-state index < -0.39 is 21.3 Å². The smallest absolute Gasteiger partial charge is 0.319 e. The van der Waals surface area contributed by atoms with Crippen LogP contribution in [-0.2, 0) is 16.4 Å². The van der Waals surface area contributed by atoms with Crippen LogP contribution in [0.15, 0.2) is 18.2 Å². The van der Waals surface area contributed by atoms with Crippen molar-refractivity contribution in [2.45, 2.75) is 71.4 Å². The van der Waals surface area contributed by atoms with Crippen LogP contribution in [-0.4, -0.2) is 34.0 Å². The summed E-state index contributed by atoms with van der Waals surface area (Å²) in [7, 11) is 2.33. The third kappa shape index (κ3) is 6.05. The van der Waals surface area contributed by atoms with Gasteiger partial charge in [0.25, 0.3) is 0 Å². The molecule has 0 aliphatic rings. The molecule has 0 spiro atoms. The average Bonchev–Trinajstić information content (AvgIpc) is 2.71. The lowest BCUT2D eigenvalue weighted by Gasteiger charge is -2.31. The molecule has 168 valence electrons. The molecule has 0 bridgehead atoms. The predicted molar refractivity (Wildman–Crippen MR) is 126 cm³/mol. The van der Waals surface area contributed by atoms with Crippen molar-refractivity contribution in [1.82, 2.24) is 9.97 Å². The van der Waals surface area contributed by atoms with Crippen LogP contribution in [0.4, 0.5) is 0 Å². The first-order valence-corrected chi connectivity index (χ1v) is 11.9. The number of rotatable bonds is 8.